The first-order valence-electron chi connectivity index (χ1n) is 6.77. The number of nitrogens with one attached hydrogen (secondary N) is 2. The molecule has 3 rings (SSSR count). The van der Waals surface area contributed by atoms with Crippen LogP contribution in [0.1, 0.15) is 6.42 Å². The fourth-order valence-corrected chi connectivity index (χ4v) is 2.19. The minimum absolute atomic E-state index is 0.133. The predicted octanol–water partition coefficient (Wildman–Crippen LogP) is -0.210. The number of rotatable bonds is 4. The second-order valence-corrected chi connectivity index (χ2v) is 4.86. The summed E-state index contributed by atoms with van der Waals surface area (Å²) in [6.07, 6.45) is -0.523. The summed E-state index contributed by atoms with van der Waals surface area (Å²) in [7, 11) is 0. The summed E-state index contributed by atoms with van der Waals surface area (Å²) in [5.74, 6) is 0.185. The van der Waals surface area contributed by atoms with Crippen LogP contribution in [0.15, 0.2) is 6.20 Å². The van der Waals surface area contributed by atoms with Crippen molar-refractivity contribution in [2.24, 2.45) is 0 Å². The monoisotopic (exact) mass is 323 g/mol. The van der Waals surface area contributed by atoms with Gasteiger partial charge in [-0.15, -0.1) is 0 Å². The first-order valence-corrected chi connectivity index (χ1v) is 6.77. The Morgan fingerprint density at radius 1 is 1.52 bits per heavy atom. The lowest BCUT2D eigenvalue weighted by molar-refractivity contribution is -0.118. The Hall–Kier alpha value is -3.11. The maximum atomic E-state index is 11.9. The summed E-state index contributed by atoms with van der Waals surface area (Å²) < 4.78 is 10.2. The third-order valence-electron chi connectivity index (χ3n) is 3.22. The summed E-state index contributed by atoms with van der Waals surface area (Å²) in [5.41, 5.74) is 0. The molecule has 11 nitrogen and oxygen atoms in total. The lowest BCUT2D eigenvalue weighted by Gasteiger charge is -2.18. The maximum absolute atomic E-state index is 11.9. The van der Waals surface area contributed by atoms with E-state index in [0.29, 0.717) is 6.42 Å². The SMILES string of the molecule is O=C(O)NCC[C@@H]1CN(c2cnc3c(n2)NC(=O)CO3)C(=O)O1. The zero-order valence-corrected chi connectivity index (χ0v) is 11.8. The molecule has 2 aliphatic heterocycles. The molecule has 3 N–H and O–H groups in total. The molecule has 0 aromatic carbocycles. The number of fused-ring (bicyclic) bond motifs is 1. The lowest BCUT2D eigenvalue weighted by Crippen LogP contribution is -2.30. The van der Waals surface area contributed by atoms with Crippen LogP contribution in [0.25, 0.3) is 0 Å². The van der Waals surface area contributed by atoms with Gasteiger partial charge in [-0.3, -0.25) is 9.69 Å². The minimum atomic E-state index is -1.14. The molecule has 3 heterocycles. The van der Waals surface area contributed by atoms with Crippen molar-refractivity contribution >= 4 is 29.7 Å². The van der Waals surface area contributed by atoms with Crippen LogP contribution in [0.5, 0.6) is 5.88 Å². The minimum Gasteiger partial charge on any atom is -0.465 e. The van der Waals surface area contributed by atoms with Crippen LogP contribution in [0.4, 0.5) is 21.2 Å². The second kappa shape index (κ2) is 5.94. The van der Waals surface area contributed by atoms with Crippen molar-refractivity contribution in [3.63, 3.8) is 0 Å². The number of anilines is 2. The molecular formula is C12H13N5O6. The molecule has 1 aromatic heterocycles. The first kappa shape index (κ1) is 14.8. The van der Waals surface area contributed by atoms with E-state index in [1.807, 2.05) is 0 Å². The topological polar surface area (TPSA) is 143 Å². The molecule has 0 spiro atoms. The Labute approximate surface area is 129 Å². The van der Waals surface area contributed by atoms with E-state index >= 15 is 0 Å². The van der Waals surface area contributed by atoms with Crippen LogP contribution in [0, 0.1) is 0 Å². The molecule has 122 valence electrons. The Bertz CT molecular complexity index is 665. The normalized spacial score (nSPS) is 19.5. The molecule has 0 bridgehead atoms. The number of cyclic esters (lactones) is 1. The van der Waals surface area contributed by atoms with Crippen LogP contribution in [-0.2, 0) is 9.53 Å². The number of amides is 3. The zero-order chi connectivity index (χ0) is 16.4. The van der Waals surface area contributed by atoms with E-state index in [-0.39, 0.29) is 43.1 Å². The highest BCUT2D eigenvalue weighted by molar-refractivity contribution is 5.94. The molecule has 1 saturated heterocycles. The third kappa shape index (κ3) is 3.22. The van der Waals surface area contributed by atoms with Crippen molar-refractivity contribution in [2.75, 3.05) is 29.9 Å². The molecular weight excluding hydrogens is 310 g/mol. The Balaban J connectivity index is 1.67. The summed E-state index contributed by atoms with van der Waals surface area (Å²) in [6.45, 7) is 0.245. The summed E-state index contributed by atoms with van der Waals surface area (Å²) >= 11 is 0. The van der Waals surface area contributed by atoms with Crippen LogP contribution >= 0.6 is 0 Å². The van der Waals surface area contributed by atoms with Crippen LogP contribution in [-0.4, -0.2) is 59.0 Å². The van der Waals surface area contributed by atoms with Crippen molar-refractivity contribution in [1.29, 1.82) is 0 Å². The number of aromatic nitrogens is 2. The second-order valence-electron chi connectivity index (χ2n) is 4.86. The Morgan fingerprint density at radius 2 is 2.35 bits per heavy atom. The number of carboxylic acid groups (broad SMARTS) is 1. The highest BCUT2D eigenvalue weighted by atomic mass is 16.6. The van der Waals surface area contributed by atoms with E-state index in [0.717, 1.165) is 0 Å². The number of hydrogen-bond donors (Lipinski definition) is 3. The lowest BCUT2D eigenvalue weighted by atomic mass is 10.2. The van der Waals surface area contributed by atoms with E-state index in [2.05, 4.69) is 20.6 Å². The molecule has 1 aromatic rings. The molecule has 1 atom stereocenters. The van der Waals surface area contributed by atoms with Gasteiger partial charge >= 0.3 is 12.2 Å². The fraction of sp³-hybridized carbons (Fsp3) is 0.417. The van der Waals surface area contributed by atoms with E-state index < -0.39 is 18.3 Å². The molecule has 2 aliphatic rings. The third-order valence-corrected chi connectivity index (χ3v) is 3.22. The van der Waals surface area contributed by atoms with Gasteiger partial charge in [-0.2, -0.15) is 0 Å². The van der Waals surface area contributed by atoms with Crippen molar-refractivity contribution in [2.45, 2.75) is 12.5 Å². The van der Waals surface area contributed by atoms with E-state index in [4.69, 9.17) is 14.6 Å². The van der Waals surface area contributed by atoms with E-state index in [1.165, 1.54) is 11.1 Å². The van der Waals surface area contributed by atoms with Crippen molar-refractivity contribution in [3.8, 4) is 5.88 Å². The van der Waals surface area contributed by atoms with Gasteiger partial charge in [0.2, 0.25) is 0 Å². The molecule has 3 amide bonds. The average molecular weight is 323 g/mol. The highest BCUT2D eigenvalue weighted by Gasteiger charge is 2.34. The molecule has 0 saturated carbocycles. The Morgan fingerprint density at radius 3 is 3.13 bits per heavy atom. The number of hydrogen-bond acceptors (Lipinski definition) is 7. The standard InChI is InChI=1S/C12H13N5O6/c18-8-5-22-10-9(16-8)15-7(3-14-10)17-4-6(23-12(17)21)1-2-13-11(19)20/h3,6,13H,1-2,4-5H2,(H,19,20)(H,15,16,18)/t6-/m1/s1. The molecule has 0 radical (unpaired) electrons. The summed E-state index contributed by atoms with van der Waals surface area (Å²) in [6, 6.07) is 0. The number of carbonyl (C=O) groups excluding carboxylic acids is 2. The van der Waals surface area contributed by atoms with E-state index in [9.17, 15) is 14.4 Å². The zero-order valence-electron chi connectivity index (χ0n) is 11.8. The molecule has 1 fully saturated rings. The maximum Gasteiger partial charge on any atom is 0.415 e. The van der Waals surface area contributed by atoms with Gasteiger partial charge in [0.15, 0.2) is 18.2 Å². The van der Waals surface area contributed by atoms with Gasteiger partial charge in [-0.25, -0.2) is 19.6 Å². The van der Waals surface area contributed by atoms with Gasteiger partial charge in [-0.1, -0.05) is 0 Å². The van der Waals surface area contributed by atoms with Crippen LogP contribution in [0.2, 0.25) is 0 Å². The summed E-state index contributed by atoms with van der Waals surface area (Å²) in [4.78, 5) is 43.0. The number of carbonyl (C=O) groups is 3. The number of nitrogens with zero attached hydrogens (tertiary/aromatic N) is 3. The fourth-order valence-electron chi connectivity index (χ4n) is 2.19. The van der Waals surface area contributed by atoms with Gasteiger partial charge in [0, 0.05) is 13.0 Å². The number of ether oxygens (including phenoxy) is 2. The van der Waals surface area contributed by atoms with Gasteiger partial charge in [0.1, 0.15) is 6.10 Å². The summed E-state index contributed by atoms with van der Waals surface area (Å²) in [5, 5.41) is 13.2. The largest absolute Gasteiger partial charge is 0.465 e. The molecule has 11 heteroatoms. The quantitative estimate of drug-likeness (QED) is 0.690. The molecule has 0 unspecified atom stereocenters. The molecule has 23 heavy (non-hydrogen) atoms. The van der Waals surface area contributed by atoms with Crippen LogP contribution in [0.3, 0.4) is 0 Å². The van der Waals surface area contributed by atoms with Gasteiger partial charge < -0.3 is 25.2 Å². The first-order chi connectivity index (χ1) is 11.0. The highest BCUT2D eigenvalue weighted by Crippen LogP contribution is 2.27. The van der Waals surface area contributed by atoms with Crippen molar-refractivity contribution in [3.05, 3.63) is 6.20 Å². The van der Waals surface area contributed by atoms with Crippen molar-refractivity contribution < 1.29 is 29.0 Å². The van der Waals surface area contributed by atoms with Gasteiger partial charge in [0.05, 0.1) is 12.7 Å². The van der Waals surface area contributed by atoms with Crippen LogP contribution < -0.4 is 20.3 Å². The predicted molar refractivity (Wildman–Crippen MR) is 74.4 cm³/mol. The average Bonchev–Trinajstić information content (AvgIpc) is 2.87. The van der Waals surface area contributed by atoms with Crippen molar-refractivity contribution in [1.82, 2.24) is 15.3 Å². The van der Waals surface area contributed by atoms with Gasteiger partial charge in [0.25, 0.3) is 11.8 Å². The Kier molecular flexibility index (Phi) is 3.83. The molecule has 0 aliphatic carbocycles. The smallest absolute Gasteiger partial charge is 0.415 e. The van der Waals surface area contributed by atoms with Gasteiger partial charge in [-0.05, 0) is 0 Å². The van der Waals surface area contributed by atoms with E-state index in [1.54, 1.807) is 0 Å².